The van der Waals surface area contributed by atoms with Crippen LogP contribution in [0.3, 0.4) is 0 Å². The van der Waals surface area contributed by atoms with Crippen molar-refractivity contribution < 1.29 is 89.0 Å². The second kappa shape index (κ2) is 17.2. The standard InChI is InChI=1S/C45H72O18/c1-19-29-26(63-45(19)13-12-42(3,55)18-56-45)15-25-23-7-6-21-14-22(8-10-43(21,4)24(23)9-11-44(25,29)5)58-41-38(62-39-35(53)33(51)30(48)20(2)57-39)37(32(50)28(17-47)60-41)61-40-36(54)34(52)31(49)27(16-46)59-40/h6,19-20,22-41,46-55H,7-18H2,1-5H3. The van der Waals surface area contributed by atoms with Crippen molar-refractivity contribution in [2.75, 3.05) is 19.8 Å². The molecule has 0 radical (unpaired) electrons. The molecule has 8 fully saturated rings. The largest absolute Gasteiger partial charge is 0.394 e. The summed E-state index contributed by atoms with van der Waals surface area (Å²) in [5.41, 5.74) is 0.493. The molecule has 360 valence electrons. The number of hydrogen-bond acceptors (Lipinski definition) is 18. The van der Waals surface area contributed by atoms with Gasteiger partial charge in [0.2, 0.25) is 0 Å². The summed E-state index contributed by atoms with van der Waals surface area (Å²) in [7, 11) is 0. The van der Waals surface area contributed by atoms with E-state index in [1.54, 1.807) is 0 Å². The minimum Gasteiger partial charge on any atom is -0.394 e. The van der Waals surface area contributed by atoms with Crippen molar-refractivity contribution in [2.24, 2.45) is 40.4 Å². The van der Waals surface area contributed by atoms with Gasteiger partial charge in [-0.1, -0.05) is 32.4 Å². The van der Waals surface area contributed by atoms with E-state index in [-0.39, 0.29) is 29.5 Å². The van der Waals surface area contributed by atoms with Crippen molar-refractivity contribution in [3.05, 3.63) is 11.6 Å². The van der Waals surface area contributed by atoms with Crippen LogP contribution in [-0.2, 0) is 37.9 Å². The Balaban J connectivity index is 0.936. The van der Waals surface area contributed by atoms with Gasteiger partial charge in [0, 0.05) is 12.3 Å². The average molecular weight is 901 g/mol. The lowest BCUT2D eigenvalue weighted by Crippen LogP contribution is -2.67. The first-order valence-corrected chi connectivity index (χ1v) is 23.4. The third kappa shape index (κ3) is 7.81. The van der Waals surface area contributed by atoms with Gasteiger partial charge < -0.3 is 89.0 Å². The summed E-state index contributed by atoms with van der Waals surface area (Å²) < 4.78 is 50.0. The molecule has 5 heterocycles. The van der Waals surface area contributed by atoms with Gasteiger partial charge in [-0.3, -0.25) is 0 Å². The molecule has 5 saturated heterocycles. The van der Waals surface area contributed by atoms with Gasteiger partial charge in [0.1, 0.15) is 67.1 Å². The molecule has 0 amide bonds. The highest BCUT2D eigenvalue weighted by atomic mass is 16.8. The average Bonchev–Trinajstić information content (AvgIpc) is 3.71. The maximum atomic E-state index is 11.6. The van der Waals surface area contributed by atoms with Crippen LogP contribution in [0.4, 0.5) is 0 Å². The number of aliphatic hydroxyl groups excluding tert-OH is 9. The fourth-order valence-corrected chi connectivity index (χ4v) is 14.0. The maximum absolute atomic E-state index is 11.6. The molecular formula is C45H72O18. The van der Waals surface area contributed by atoms with Gasteiger partial charge in [-0.15, -0.1) is 0 Å². The number of hydrogen-bond donors (Lipinski definition) is 10. The number of fused-ring (bicyclic) bond motifs is 7. The van der Waals surface area contributed by atoms with Gasteiger partial charge >= 0.3 is 0 Å². The Morgan fingerprint density at radius 2 is 1.33 bits per heavy atom. The van der Waals surface area contributed by atoms with E-state index in [0.717, 1.165) is 32.1 Å². The molecule has 0 aromatic carbocycles. The summed E-state index contributed by atoms with van der Waals surface area (Å²) in [6, 6.07) is 0. The molecule has 0 aromatic heterocycles. The maximum Gasteiger partial charge on any atom is 0.187 e. The van der Waals surface area contributed by atoms with E-state index in [0.29, 0.717) is 49.4 Å². The lowest BCUT2D eigenvalue weighted by atomic mass is 9.47. The van der Waals surface area contributed by atoms with Crippen LogP contribution in [0.5, 0.6) is 0 Å². The molecule has 9 rings (SSSR count). The van der Waals surface area contributed by atoms with Crippen LogP contribution in [0.25, 0.3) is 0 Å². The molecule has 0 bridgehead atoms. The molecule has 5 aliphatic heterocycles. The van der Waals surface area contributed by atoms with Crippen molar-refractivity contribution in [3.63, 3.8) is 0 Å². The van der Waals surface area contributed by atoms with Gasteiger partial charge in [0.05, 0.1) is 43.7 Å². The van der Waals surface area contributed by atoms with Crippen molar-refractivity contribution in [2.45, 2.75) is 208 Å². The van der Waals surface area contributed by atoms with Gasteiger partial charge in [-0.25, -0.2) is 0 Å². The zero-order valence-corrected chi connectivity index (χ0v) is 37.0. The molecule has 26 unspecified atom stereocenters. The first-order valence-electron chi connectivity index (χ1n) is 23.4. The molecule has 63 heavy (non-hydrogen) atoms. The van der Waals surface area contributed by atoms with Crippen LogP contribution < -0.4 is 0 Å². The Hall–Kier alpha value is -0.980. The second-order valence-corrected chi connectivity index (χ2v) is 21.4. The molecule has 10 N–H and O–H groups in total. The highest BCUT2D eigenvalue weighted by molar-refractivity contribution is 5.26. The van der Waals surface area contributed by atoms with E-state index >= 15 is 0 Å². The molecule has 1 spiro atoms. The minimum atomic E-state index is -1.85. The van der Waals surface area contributed by atoms with Crippen LogP contribution in [0.2, 0.25) is 0 Å². The van der Waals surface area contributed by atoms with E-state index in [2.05, 4.69) is 26.8 Å². The fourth-order valence-electron chi connectivity index (χ4n) is 14.0. The van der Waals surface area contributed by atoms with Gasteiger partial charge in [-0.05, 0) is 99.7 Å². The number of rotatable bonds is 8. The predicted molar refractivity (Wildman–Crippen MR) is 216 cm³/mol. The summed E-state index contributed by atoms with van der Waals surface area (Å²) in [4.78, 5) is 0. The van der Waals surface area contributed by atoms with Gasteiger partial charge in [-0.2, -0.15) is 0 Å². The molecule has 18 heteroatoms. The predicted octanol–water partition coefficient (Wildman–Crippen LogP) is -0.671. The van der Waals surface area contributed by atoms with Gasteiger partial charge in [0.25, 0.3) is 0 Å². The summed E-state index contributed by atoms with van der Waals surface area (Å²) in [5.74, 6) is 1.42. The Bertz CT molecular complexity index is 1650. The van der Waals surface area contributed by atoms with E-state index < -0.39 is 123 Å². The molecule has 18 nitrogen and oxygen atoms in total. The summed E-state index contributed by atoms with van der Waals surface area (Å²) >= 11 is 0. The monoisotopic (exact) mass is 900 g/mol. The highest BCUT2D eigenvalue weighted by Crippen LogP contribution is 2.71. The first kappa shape index (κ1) is 47.1. The quantitative estimate of drug-likeness (QED) is 0.135. The normalized spacial score (nSPS) is 58.1. The number of allylic oxidation sites excluding steroid dienone is 1. The SMILES string of the molecule is CC1OC(OC2C(OC3CCC4(C)C(=CCC5C4CCC4(C)C5CC5OC6(CCC(C)(O)CO6)C(C)C54)C3)OC(CO)C(O)C2OC2OC(CO)C(O)C(O)C2O)C(O)C(O)C1O. The Morgan fingerprint density at radius 1 is 0.683 bits per heavy atom. The lowest BCUT2D eigenvalue weighted by molar-refractivity contribution is -0.394. The zero-order valence-electron chi connectivity index (χ0n) is 37.0. The Labute approximate surface area is 368 Å². The van der Waals surface area contributed by atoms with E-state index in [4.69, 9.17) is 37.9 Å². The lowest BCUT2D eigenvalue weighted by Gasteiger charge is -2.59. The Morgan fingerprint density at radius 3 is 2.02 bits per heavy atom. The van der Waals surface area contributed by atoms with E-state index in [1.165, 1.54) is 12.5 Å². The van der Waals surface area contributed by atoms with Crippen molar-refractivity contribution in [3.8, 4) is 0 Å². The van der Waals surface area contributed by atoms with Crippen LogP contribution in [-0.4, -0.2) is 187 Å². The van der Waals surface area contributed by atoms with E-state index in [1.807, 2.05) is 6.92 Å². The second-order valence-electron chi connectivity index (χ2n) is 21.4. The molecule has 4 aliphatic carbocycles. The molecule has 0 aromatic rings. The summed E-state index contributed by atoms with van der Waals surface area (Å²) in [6.45, 7) is 9.33. The molecule has 26 atom stereocenters. The van der Waals surface area contributed by atoms with Crippen LogP contribution in [0.1, 0.15) is 92.4 Å². The van der Waals surface area contributed by atoms with E-state index in [9.17, 15) is 51.1 Å². The highest BCUT2D eigenvalue weighted by Gasteiger charge is 2.69. The van der Waals surface area contributed by atoms with Crippen LogP contribution in [0.15, 0.2) is 11.6 Å². The van der Waals surface area contributed by atoms with Crippen LogP contribution >= 0.6 is 0 Å². The smallest absolute Gasteiger partial charge is 0.187 e. The van der Waals surface area contributed by atoms with Crippen LogP contribution in [0, 0.1) is 40.4 Å². The first-order chi connectivity index (χ1) is 29.8. The summed E-state index contributed by atoms with van der Waals surface area (Å²) in [6.07, 6.45) is -13.7. The van der Waals surface area contributed by atoms with Crippen molar-refractivity contribution in [1.29, 1.82) is 0 Å². The molecule has 3 saturated carbocycles. The zero-order chi connectivity index (χ0) is 45.1. The Kier molecular flexibility index (Phi) is 12.9. The molecule has 9 aliphatic rings. The van der Waals surface area contributed by atoms with Crippen molar-refractivity contribution in [1.82, 2.24) is 0 Å². The topological polar surface area (TPSA) is 276 Å². The van der Waals surface area contributed by atoms with Gasteiger partial charge in [0.15, 0.2) is 24.7 Å². The van der Waals surface area contributed by atoms with Crippen molar-refractivity contribution >= 4 is 0 Å². The minimum absolute atomic E-state index is 0.0807. The number of aliphatic hydroxyl groups is 10. The third-order valence-corrected chi connectivity index (χ3v) is 17.7. The fraction of sp³-hybridized carbons (Fsp3) is 0.956. The summed E-state index contributed by atoms with van der Waals surface area (Å²) in [5, 5.41) is 106. The third-order valence-electron chi connectivity index (χ3n) is 17.7. The molecular weight excluding hydrogens is 828 g/mol. The number of ether oxygens (including phenoxy) is 8.